The fourth-order valence-corrected chi connectivity index (χ4v) is 3.69. The number of imide groups is 1. The molecular weight excluding hydrogens is 320 g/mol. The minimum absolute atomic E-state index is 0.103. The summed E-state index contributed by atoms with van der Waals surface area (Å²) in [5, 5.41) is 1.99. The minimum atomic E-state index is -3.82. The summed E-state index contributed by atoms with van der Waals surface area (Å²) < 4.78 is 30.9. The average molecular weight is 342 g/mol. The van der Waals surface area contributed by atoms with Gasteiger partial charge in [-0.1, -0.05) is 24.6 Å². The van der Waals surface area contributed by atoms with E-state index in [1.54, 1.807) is 32.9 Å². The first-order chi connectivity index (χ1) is 10.7. The number of nitrogens with zero attached hydrogens (tertiary/aromatic N) is 1. The highest BCUT2D eigenvalue weighted by Crippen LogP contribution is 2.20. The molecule has 0 aliphatic heterocycles. The zero-order valence-corrected chi connectivity index (χ0v) is 14.6. The van der Waals surface area contributed by atoms with Crippen molar-refractivity contribution >= 4 is 22.0 Å². The van der Waals surface area contributed by atoms with E-state index < -0.39 is 28.6 Å². The van der Waals surface area contributed by atoms with Crippen molar-refractivity contribution in [3.8, 4) is 0 Å². The number of rotatable bonds is 6. The minimum Gasteiger partial charge on any atom is -0.450 e. The Balaban J connectivity index is 2.95. The molecule has 0 saturated carbocycles. The van der Waals surface area contributed by atoms with Crippen molar-refractivity contribution in [2.45, 2.75) is 32.6 Å². The van der Waals surface area contributed by atoms with Gasteiger partial charge >= 0.3 is 6.09 Å². The maximum Gasteiger partial charge on any atom is 0.413 e. The van der Waals surface area contributed by atoms with Gasteiger partial charge in [-0.2, -0.15) is 4.31 Å². The summed E-state index contributed by atoms with van der Waals surface area (Å²) in [5.41, 5.74) is 1.55. The van der Waals surface area contributed by atoms with Crippen LogP contribution in [0.3, 0.4) is 0 Å². The van der Waals surface area contributed by atoms with E-state index in [1.807, 2.05) is 12.2 Å². The summed E-state index contributed by atoms with van der Waals surface area (Å²) in [4.78, 5) is 23.2. The van der Waals surface area contributed by atoms with E-state index in [-0.39, 0.29) is 18.0 Å². The van der Waals surface area contributed by atoms with Crippen molar-refractivity contribution in [2.75, 3.05) is 19.7 Å². The number of nitrogens with one attached hydrogen (secondary N) is 1. The van der Waals surface area contributed by atoms with Crippen LogP contribution in [0.2, 0.25) is 0 Å². The second-order valence-electron chi connectivity index (χ2n) is 4.97. The van der Waals surface area contributed by atoms with Crippen LogP contribution in [0.15, 0.2) is 23.1 Å². The molecule has 0 saturated heterocycles. The Bertz CT molecular complexity index is 685. The topological polar surface area (TPSA) is 92.8 Å². The molecule has 0 aromatic heterocycles. The molecule has 0 radical (unpaired) electrons. The van der Waals surface area contributed by atoms with E-state index in [1.165, 1.54) is 6.07 Å². The Morgan fingerprint density at radius 2 is 1.87 bits per heavy atom. The predicted molar refractivity (Wildman–Crippen MR) is 85.5 cm³/mol. The second-order valence-corrected chi connectivity index (χ2v) is 6.88. The lowest BCUT2D eigenvalue weighted by Crippen LogP contribution is -2.42. The molecule has 8 heteroatoms. The number of sulfonamides is 1. The van der Waals surface area contributed by atoms with E-state index in [4.69, 9.17) is 0 Å². The summed E-state index contributed by atoms with van der Waals surface area (Å²) in [5.74, 6) is -0.737. The van der Waals surface area contributed by atoms with Gasteiger partial charge in [0.15, 0.2) is 0 Å². The van der Waals surface area contributed by atoms with Crippen molar-refractivity contribution in [3.05, 3.63) is 29.3 Å². The predicted octanol–water partition coefficient (Wildman–Crippen LogP) is 1.59. The van der Waals surface area contributed by atoms with Gasteiger partial charge in [-0.15, -0.1) is 0 Å². The molecule has 7 nitrogen and oxygen atoms in total. The monoisotopic (exact) mass is 342 g/mol. The number of ether oxygens (including phenoxy) is 1. The first-order valence-electron chi connectivity index (χ1n) is 7.26. The van der Waals surface area contributed by atoms with Crippen LogP contribution < -0.4 is 5.32 Å². The highest BCUT2D eigenvalue weighted by Gasteiger charge is 2.27. The third-order valence-corrected chi connectivity index (χ3v) is 5.22. The van der Waals surface area contributed by atoms with Crippen LogP contribution in [0.1, 0.15) is 25.0 Å². The molecule has 0 spiro atoms. The Hall–Kier alpha value is -1.93. The average Bonchev–Trinajstić information content (AvgIpc) is 2.44. The summed E-state index contributed by atoms with van der Waals surface area (Å²) in [6, 6.07) is 4.98. The maximum atomic E-state index is 12.7. The van der Waals surface area contributed by atoms with Crippen LogP contribution in [-0.4, -0.2) is 44.4 Å². The maximum absolute atomic E-state index is 12.7. The van der Waals surface area contributed by atoms with E-state index in [0.29, 0.717) is 5.56 Å². The smallest absolute Gasteiger partial charge is 0.413 e. The second kappa shape index (κ2) is 8.07. The van der Waals surface area contributed by atoms with Gasteiger partial charge in [0.05, 0.1) is 18.0 Å². The molecule has 0 aliphatic rings. The van der Waals surface area contributed by atoms with Crippen molar-refractivity contribution in [1.29, 1.82) is 0 Å². The Labute approximate surface area is 136 Å². The number of carbonyl (C=O) groups excluding carboxylic acids is 2. The molecule has 0 heterocycles. The van der Waals surface area contributed by atoms with Gasteiger partial charge in [-0.3, -0.25) is 10.1 Å². The number of alkyl carbamates (subject to hydrolysis) is 1. The van der Waals surface area contributed by atoms with Crippen molar-refractivity contribution < 1.29 is 22.7 Å². The van der Waals surface area contributed by atoms with E-state index in [0.717, 1.165) is 9.87 Å². The van der Waals surface area contributed by atoms with E-state index in [9.17, 15) is 18.0 Å². The molecule has 23 heavy (non-hydrogen) atoms. The van der Waals surface area contributed by atoms with Gasteiger partial charge in [0.1, 0.15) is 0 Å². The number of hydrogen-bond donors (Lipinski definition) is 1. The Morgan fingerprint density at radius 3 is 2.39 bits per heavy atom. The molecule has 0 bridgehead atoms. The van der Waals surface area contributed by atoms with Gasteiger partial charge in [-0.05, 0) is 32.4 Å². The highest BCUT2D eigenvalue weighted by molar-refractivity contribution is 7.89. The van der Waals surface area contributed by atoms with E-state index >= 15 is 0 Å². The van der Waals surface area contributed by atoms with Crippen LogP contribution in [0, 0.1) is 13.8 Å². The summed E-state index contributed by atoms with van der Waals surface area (Å²) in [6.45, 7) is 6.57. The Morgan fingerprint density at radius 1 is 1.22 bits per heavy atom. The van der Waals surface area contributed by atoms with Crippen LogP contribution in [0.5, 0.6) is 0 Å². The number of benzene rings is 1. The van der Waals surface area contributed by atoms with Crippen LogP contribution >= 0.6 is 0 Å². The fourth-order valence-electron chi connectivity index (χ4n) is 2.08. The van der Waals surface area contributed by atoms with Crippen LogP contribution in [0.25, 0.3) is 0 Å². The number of amides is 2. The molecule has 0 atom stereocenters. The standard InChI is InChI=1S/C15H22N2O5S/c1-5-17(10-14(18)16-15(19)22-6-2)23(20,21)13-8-7-11(3)9-12(13)4/h7-9H,5-6,10H2,1-4H3,(H,16,18,19). The van der Waals surface area contributed by atoms with Gasteiger partial charge in [0.25, 0.3) is 0 Å². The van der Waals surface area contributed by atoms with Crippen molar-refractivity contribution in [2.24, 2.45) is 0 Å². The van der Waals surface area contributed by atoms with Crippen LogP contribution in [0.4, 0.5) is 4.79 Å². The fraction of sp³-hybridized carbons (Fsp3) is 0.467. The largest absolute Gasteiger partial charge is 0.450 e. The summed E-state index contributed by atoms with van der Waals surface area (Å²) >= 11 is 0. The van der Waals surface area contributed by atoms with Gasteiger partial charge in [0, 0.05) is 6.54 Å². The third-order valence-electron chi connectivity index (χ3n) is 3.14. The van der Waals surface area contributed by atoms with Crippen molar-refractivity contribution in [3.63, 3.8) is 0 Å². The van der Waals surface area contributed by atoms with Gasteiger partial charge in [-0.25, -0.2) is 13.2 Å². The molecule has 0 fully saturated rings. The molecule has 1 N–H and O–H groups in total. The quantitative estimate of drug-likeness (QED) is 0.847. The normalized spacial score (nSPS) is 11.3. The first kappa shape index (κ1) is 19.1. The zero-order chi connectivity index (χ0) is 17.6. The zero-order valence-electron chi connectivity index (χ0n) is 13.8. The first-order valence-corrected chi connectivity index (χ1v) is 8.70. The number of likely N-dealkylation sites (N-methyl/N-ethyl adjacent to an activating group) is 1. The molecular formula is C15H22N2O5S. The molecule has 1 aromatic carbocycles. The Kier molecular flexibility index (Phi) is 6.71. The number of hydrogen-bond acceptors (Lipinski definition) is 5. The van der Waals surface area contributed by atoms with Gasteiger partial charge in [0.2, 0.25) is 15.9 Å². The van der Waals surface area contributed by atoms with E-state index in [2.05, 4.69) is 4.74 Å². The lowest BCUT2D eigenvalue weighted by molar-refractivity contribution is -0.120. The third kappa shape index (κ3) is 5.04. The lowest BCUT2D eigenvalue weighted by atomic mass is 10.2. The van der Waals surface area contributed by atoms with Crippen molar-refractivity contribution in [1.82, 2.24) is 9.62 Å². The highest BCUT2D eigenvalue weighted by atomic mass is 32.2. The van der Waals surface area contributed by atoms with Crippen LogP contribution in [-0.2, 0) is 19.6 Å². The summed E-state index contributed by atoms with van der Waals surface area (Å²) in [7, 11) is -3.82. The number of aryl methyl sites for hydroxylation is 2. The SMILES string of the molecule is CCOC(=O)NC(=O)CN(CC)S(=O)(=O)c1ccc(C)cc1C. The molecule has 1 aromatic rings. The molecule has 0 aliphatic carbocycles. The molecule has 2 amide bonds. The number of carbonyl (C=O) groups is 2. The van der Waals surface area contributed by atoms with Gasteiger partial charge < -0.3 is 4.74 Å². The molecule has 0 unspecified atom stereocenters. The lowest BCUT2D eigenvalue weighted by Gasteiger charge is -2.21. The summed E-state index contributed by atoms with van der Waals surface area (Å²) in [6.07, 6.45) is -0.891. The molecule has 128 valence electrons. The molecule has 1 rings (SSSR count).